The van der Waals surface area contributed by atoms with Gasteiger partial charge in [-0.1, -0.05) is 117 Å². The highest BCUT2D eigenvalue weighted by Gasteiger charge is 2.52. The zero-order chi connectivity index (χ0) is 89.2. The van der Waals surface area contributed by atoms with Gasteiger partial charge in [-0.2, -0.15) is 0 Å². The van der Waals surface area contributed by atoms with Crippen LogP contribution >= 0.6 is 50.2 Å². The summed E-state index contributed by atoms with van der Waals surface area (Å²) in [6.45, 7) is 34.1. The number of amides is 3. The summed E-state index contributed by atoms with van der Waals surface area (Å²) in [5.41, 5.74) is 3.42. The summed E-state index contributed by atoms with van der Waals surface area (Å²) in [5, 5.41) is 10.6. The number of aromatic nitrogens is 8. The van der Waals surface area contributed by atoms with Crippen molar-refractivity contribution in [1.82, 2.24) is 54.6 Å². The molecule has 1 aliphatic rings. The normalized spacial score (nSPS) is 13.7. The van der Waals surface area contributed by atoms with Crippen molar-refractivity contribution in [3.63, 3.8) is 0 Å². The number of thiazole rings is 2. The molecule has 123 heavy (non-hydrogen) atoms. The Morgan fingerprint density at radius 3 is 1.20 bits per heavy atom. The van der Waals surface area contributed by atoms with Crippen LogP contribution < -0.4 is 38.1 Å². The van der Waals surface area contributed by atoms with Gasteiger partial charge in [-0.3, -0.25) is 28.1 Å². The van der Waals surface area contributed by atoms with Crippen LogP contribution in [0.25, 0.3) is 80.8 Å². The maximum atomic E-state index is 14.4. The minimum atomic E-state index is -0.722. The molecule has 3 atom stereocenters. The Hall–Kier alpha value is -11.5. The molecular formula is C92H100BBrClN11O15S2. The van der Waals surface area contributed by atoms with Gasteiger partial charge in [-0.25, -0.2) is 48.9 Å². The number of alkyl carbamates (subject to hydrolysis) is 3. The van der Waals surface area contributed by atoms with E-state index in [0.29, 0.717) is 135 Å². The minimum Gasteiger partial charge on any atom is -0.462 e. The number of hydrogen-bond acceptors (Lipinski definition) is 22. The molecule has 1 aliphatic heterocycles. The largest absolute Gasteiger partial charge is 0.495 e. The third-order valence-corrected chi connectivity index (χ3v) is 22.4. The van der Waals surface area contributed by atoms with E-state index in [0.717, 1.165) is 14.9 Å². The summed E-state index contributed by atoms with van der Waals surface area (Å²) < 4.78 is 46.5. The molecule has 1 saturated heterocycles. The molecule has 0 bridgehead atoms. The molecule has 3 amide bonds. The maximum Gasteiger partial charge on any atom is 0.495 e. The fourth-order valence-corrected chi connectivity index (χ4v) is 15.9. The number of carbonyl (C=O) groups is 5. The summed E-state index contributed by atoms with van der Waals surface area (Å²) in [5.74, 6) is 0.562. The Balaban J connectivity index is 0.000000167. The second kappa shape index (κ2) is 38.9. The van der Waals surface area contributed by atoms with Crippen molar-refractivity contribution in [2.45, 2.75) is 190 Å². The number of esters is 2. The molecule has 0 radical (unpaired) electrons. The highest BCUT2D eigenvalue weighted by molar-refractivity contribution is 9.10. The number of halogens is 2. The van der Waals surface area contributed by atoms with Gasteiger partial charge in [0.2, 0.25) is 0 Å². The topological polar surface area (TPSA) is 316 Å². The highest BCUT2D eigenvalue weighted by atomic mass is 79.9. The molecule has 0 saturated carbocycles. The van der Waals surface area contributed by atoms with E-state index in [-0.39, 0.29) is 29.3 Å². The van der Waals surface area contributed by atoms with E-state index in [1.54, 1.807) is 144 Å². The van der Waals surface area contributed by atoms with Gasteiger partial charge in [0.15, 0.2) is 4.47 Å². The molecule has 3 N–H and O–H groups in total. The molecule has 6 heterocycles. The number of nitrogens with zero attached hydrogens (tertiary/aromatic N) is 8. The predicted octanol–water partition coefficient (Wildman–Crippen LogP) is 19.7. The van der Waals surface area contributed by atoms with Crippen LogP contribution in [-0.4, -0.2) is 117 Å². The van der Waals surface area contributed by atoms with Crippen molar-refractivity contribution in [1.29, 1.82) is 0 Å². The first-order valence-electron chi connectivity index (χ1n) is 40.4. The van der Waals surface area contributed by atoms with E-state index < -0.39 is 77.5 Å². The van der Waals surface area contributed by atoms with E-state index in [4.69, 9.17) is 64.5 Å². The number of rotatable bonds is 18. The van der Waals surface area contributed by atoms with Gasteiger partial charge in [-0.05, 0) is 242 Å². The molecule has 26 nitrogen and oxygen atoms in total. The van der Waals surface area contributed by atoms with Gasteiger partial charge in [-0.15, -0.1) is 22.7 Å². The van der Waals surface area contributed by atoms with Crippen LogP contribution in [0.4, 0.5) is 14.4 Å². The SMILES string of the molecule is CCOC(=O)c1ccc2nc(-c3cccc4nc([C@H](CC)NC(=O)OC(C)(C)C)n(-c5ccccc5)c(=O)c34)sc2c1.CCOC(=O)c1ccc2nc(Cl)sc2c1.CC[C@H](NC(=O)OC(C)(C)C)c1nc2cccc(B3OC(C)(C)C(C)(C)O3)c2c(=O)n1-c1ccccc1.CC[C@H](NC(=O)OC(C)(C)C)c1nc2cccc(Br)c2c(=O)n1-c1ccccc1. The van der Waals surface area contributed by atoms with Gasteiger partial charge >= 0.3 is 37.3 Å². The molecule has 14 rings (SSSR count). The number of ether oxygens (including phenoxy) is 5. The van der Waals surface area contributed by atoms with Gasteiger partial charge in [0, 0.05) is 10.0 Å². The lowest BCUT2D eigenvalue weighted by molar-refractivity contribution is 0.00578. The Bertz CT molecular complexity index is 6230. The van der Waals surface area contributed by atoms with Crippen molar-refractivity contribution in [2.75, 3.05) is 13.2 Å². The number of hydrogen-bond donors (Lipinski definition) is 3. The first-order chi connectivity index (χ1) is 58.2. The highest BCUT2D eigenvalue weighted by Crippen LogP contribution is 2.39. The molecule has 5 aromatic heterocycles. The Morgan fingerprint density at radius 1 is 0.447 bits per heavy atom. The second-order valence-corrected chi connectivity index (χ2v) is 36.1. The first-order valence-corrected chi connectivity index (χ1v) is 43.2. The molecule has 0 unspecified atom stereocenters. The molecule has 8 aromatic carbocycles. The molecule has 0 aliphatic carbocycles. The molecule has 13 aromatic rings. The van der Waals surface area contributed by atoms with Crippen LogP contribution in [0, 0.1) is 0 Å². The number of benzene rings is 8. The van der Waals surface area contributed by atoms with E-state index in [2.05, 4.69) is 36.9 Å². The van der Waals surface area contributed by atoms with Crippen molar-refractivity contribution < 1.29 is 57.0 Å². The van der Waals surface area contributed by atoms with Crippen LogP contribution in [0.5, 0.6) is 0 Å². The van der Waals surface area contributed by atoms with Crippen molar-refractivity contribution >= 4 is 146 Å². The molecule has 0 spiro atoms. The van der Waals surface area contributed by atoms with E-state index >= 15 is 0 Å². The Kier molecular flexibility index (Phi) is 29.2. The zero-order valence-electron chi connectivity index (χ0n) is 71.9. The van der Waals surface area contributed by atoms with Crippen molar-refractivity contribution in [2.24, 2.45) is 0 Å². The van der Waals surface area contributed by atoms with Crippen molar-refractivity contribution in [3.8, 4) is 27.6 Å². The predicted molar refractivity (Wildman–Crippen MR) is 488 cm³/mol. The number of carbonyl (C=O) groups excluding carboxylic acids is 5. The third kappa shape index (κ3) is 22.1. The number of fused-ring (bicyclic) bond motifs is 5. The quantitative estimate of drug-likeness (QED) is 0.0408. The lowest BCUT2D eigenvalue weighted by atomic mass is 9.77. The van der Waals surface area contributed by atoms with Crippen LogP contribution in [-0.2, 0) is 33.0 Å². The second-order valence-electron chi connectivity index (χ2n) is 32.6. The fraction of sp³-hybridized carbons (Fsp3) is 0.337. The summed E-state index contributed by atoms with van der Waals surface area (Å²) in [6, 6.07) is 53.0. The Labute approximate surface area is 734 Å². The molecule has 31 heteroatoms. The van der Waals surface area contributed by atoms with Gasteiger partial charge < -0.3 is 48.9 Å². The summed E-state index contributed by atoms with van der Waals surface area (Å²) in [7, 11) is -0.722. The smallest absolute Gasteiger partial charge is 0.462 e. The summed E-state index contributed by atoms with van der Waals surface area (Å²) >= 11 is 12.0. The average Bonchev–Trinajstić information content (AvgIpc) is 1.27. The van der Waals surface area contributed by atoms with Crippen LogP contribution in [0.2, 0.25) is 4.47 Å². The van der Waals surface area contributed by atoms with E-state index in [1.807, 2.05) is 176 Å². The lowest BCUT2D eigenvalue weighted by Gasteiger charge is -2.32. The van der Waals surface area contributed by atoms with Crippen LogP contribution in [0.3, 0.4) is 0 Å². The molecular weight excluding hydrogens is 1690 g/mol. The number of para-hydroxylation sites is 3. The number of nitrogens with one attached hydrogen (secondary N) is 3. The van der Waals surface area contributed by atoms with Crippen molar-refractivity contribution in [3.05, 3.63) is 251 Å². The molecule has 1 fully saturated rings. The van der Waals surface area contributed by atoms with Gasteiger partial charge in [0.05, 0.1) is 124 Å². The monoisotopic (exact) mass is 1790 g/mol. The van der Waals surface area contributed by atoms with Gasteiger partial charge in [0.1, 0.15) is 39.3 Å². The van der Waals surface area contributed by atoms with E-state index in [9.17, 15) is 38.4 Å². The minimum absolute atomic E-state index is 0.201. The van der Waals surface area contributed by atoms with Crippen LogP contribution in [0.15, 0.2) is 201 Å². The maximum absolute atomic E-state index is 14.4. The third-order valence-electron chi connectivity index (χ3n) is 19.5. The summed E-state index contributed by atoms with van der Waals surface area (Å²) in [6.07, 6.45) is -0.191. The first kappa shape index (κ1) is 92.2. The van der Waals surface area contributed by atoms with E-state index in [1.165, 1.54) is 22.7 Å². The average molecular weight is 1790 g/mol. The van der Waals surface area contributed by atoms with Crippen LogP contribution in [0.1, 0.15) is 200 Å². The van der Waals surface area contributed by atoms with Gasteiger partial charge in [0.25, 0.3) is 16.7 Å². The Morgan fingerprint density at radius 2 is 0.805 bits per heavy atom. The lowest BCUT2D eigenvalue weighted by Crippen LogP contribution is -2.41. The fourth-order valence-electron chi connectivity index (χ4n) is 13.3. The standard InChI is InChI=1S/C32H32N4O5S.C28H36BN3O5.C22H24BrN3O3.C10H8ClNO2S/c1-6-22(35-31(39)41-32(3,4)5)27-33-24-15-11-14-21(26(24)29(37)36(27)20-12-9-8-10-13-20)28-34-23-17-16-19(18-25(23)42-28)30(38)40-7-2;1-9-20(31-25(34)35-26(2,3)4)23-30-21-17-13-16-19(29-36-27(5,6)28(7,8)37-29)22(21)24(33)32(23)18-14-11-10-12-15-18;1-5-16(25-21(28)29-22(2,3)4)19-24-17-13-9-12-15(23)18(17)20(27)26(19)14-10-7-6-8-11-14;1-2-14-9(13)6-3-4-7-8(5-6)15-10(11)12-7/h8-18,22H,6-7H2,1-5H3,(H,35,39);10-17,20H,9H2,1-8H3,(H,31,34);6-13,16H,5H2,1-4H3,(H,25,28);3-5H,2H2,1H3/t22-;20-;16-;/m000./s1. The zero-order valence-corrected chi connectivity index (χ0v) is 75.9. The summed E-state index contributed by atoms with van der Waals surface area (Å²) in [4.78, 5) is 127. The molecule has 642 valence electrons.